The van der Waals surface area contributed by atoms with Crippen LogP contribution in [0.5, 0.6) is 0 Å². The topological polar surface area (TPSA) is 41.6 Å². The van der Waals surface area contributed by atoms with Gasteiger partial charge in [-0.05, 0) is 12.8 Å². The van der Waals surface area contributed by atoms with Crippen molar-refractivity contribution in [2.24, 2.45) is 0 Å². The zero-order valence-corrected chi connectivity index (χ0v) is 4.41. The Balaban J connectivity index is 2.35. The zero-order chi connectivity index (χ0) is 6.27. The number of H-pyrrole nitrogens is 1. The standard InChI is InChI=1S/C5H7N3/c1-2-4(1)5-3-6-8-7-5/h3-4H,1-2H2,(H,6,7,8)/i/hD. The molecule has 0 amide bonds. The van der Waals surface area contributed by atoms with Crippen molar-refractivity contribution in [3.05, 3.63) is 11.9 Å². The van der Waals surface area contributed by atoms with E-state index in [2.05, 4.69) is 10.3 Å². The van der Waals surface area contributed by atoms with E-state index in [1.807, 2.05) is 0 Å². The van der Waals surface area contributed by atoms with Gasteiger partial charge in [0.2, 0.25) is 0 Å². The summed E-state index contributed by atoms with van der Waals surface area (Å²) in [7, 11) is 0. The highest BCUT2D eigenvalue weighted by atomic mass is 15.3. The second-order valence-corrected chi connectivity index (χ2v) is 2.13. The first kappa shape index (κ1) is 3.22. The van der Waals surface area contributed by atoms with Gasteiger partial charge in [-0.15, -0.1) is 5.10 Å². The van der Waals surface area contributed by atoms with Crippen molar-refractivity contribution in [2.45, 2.75) is 18.8 Å². The summed E-state index contributed by atoms with van der Waals surface area (Å²) in [5.41, 5.74) is 0.954. The van der Waals surface area contributed by atoms with Gasteiger partial charge < -0.3 is 0 Å². The van der Waals surface area contributed by atoms with Crippen LogP contribution in [0.3, 0.4) is 0 Å². The Morgan fingerprint density at radius 3 is 3.25 bits per heavy atom. The van der Waals surface area contributed by atoms with Gasteiger partial charge in [-0.3, -0.25) is 5.09 Å². The number of hydrogen-bond acceptors (Lipinski definition) is 2. The third-order valence-electron chi connectivity index (χ3n) is 1.40. The molecule has 0 atom stereocenters. The van der Waals surface area contributed by atoms with Crippen LogP contribution in [0.15, 0.2) is 6.20 Å². The van der Waals surface area contributed by atoms with Gasteiger partial charge in [0.15, 0.2) is 1.41 Å². The predicted molar refractivity (Wildman–Crippen MR) is 28.4 cm³/mol. The smallest absolute Gasteiger partial charge is 0.192 e. The van der Waals surface area contributed by atoms with Gasteiger partial charge in [0.1, 0.15) is 0 Å². The molecule has 3 nitrogen and oxygen atoms in total. The van der Waals surface area contributed by atoms with Gasteiger partial charge in [0, 0.05) is 5.92 Å². The fourth-order valence-electron chi connectivity index (χ4n) is 0.754. The maximum absolute atomic E-state index is 7.16. The second kappa shape index (κ2) is 1.31. The van der Waals surface area contributed by atoms with Gasteiger partial charge in [-0.2, -0.15) is 0 Å². The molecule has 0 unspecified atom stereocenters. The molecule has 2 rings (SSSR count). The molecule has 1 aromatic rings. The van der Waals surface area contributed by atoms with Crippen molar-refractivity contribution in [1.29, 1.82) is 0 Å². The lowest BCUT2D eigenvalue weighted by Crippen LogP contribution is -1.75. The van der Waals surface area contributed by atoms with Crippen LogP contribution in [0.25, 0.3) is 0 Å². The SMILES string of the molecule is [2H]n1nncc1C1CC1. The minimum absolute atomic E-state index is 0.581. The number of aromatic amines is 1. The van der Waals surface area contributed by atoms with Gasteiger partial charge >= 0.3 is 0 Å². The molecular weight excluding hydrogens is 102 g/mol. The molecule has 42 valence electrons. The molecule has 0 aliphatic heterocycles. The molecule has 1 heterocycles. The molecule has 1 aromatic heterocycles. The molecule has 0 radical (unpaired) electrons. The van der Waals surface area contributed by atoms with Crippen LogP contribution in [0.2, 0.25) is 1.41 Å². The van der Waals surface area contributed by atoms with E-state index in [1.165, 1.54) is 12.8 Å². The summed E-state index contributed by atoms with van der Waals surface area (Å²) in [6.07, 6.45) is 4.07. The number of nitrogens with one attached hydrogen (secondary N) is 1. The quantitative estimate of drug-likeness (QED) is 0.577. The normalized spacial score (nSPS) is 20.8. The van der Waals surface area contributed by atoms with Crippen molar-refractivity contribution in [3.8, 4) is 0 Å². The highest BCUT2D eigenvalue weighted by Crippen LogP contribution is 2.38. The summed E-state index contributed by atoms with van der Waals surface area (Å²) < 4.78 is 7.16. The lowest BCUT2D eigenvalue weighted by atomic mass is 10.3. The summed E-state index contributed by atoms with van der Waals surface area (Å²) in [6.45, 7) is 0. The molecule has 0 aromatic carbocycles. The lowest BCUT2D eigenvalue weighted by molar-refractivity contribution is 0.904. The molecular formula is C5H7N3. The third kappa shape index (κ3) is 0.510. The first-order chi connectivity index (χ1) is 4.38. The maximum atomic E-state index is 7.16. The third-order valence-corrected chi connectivity index (χ3v) is 1.40. The van der Waals surface area contributed by atoms with E-state index in [1.54, 1.807) is 6.20 Å². The van der Waals surface area contributed by atoms with E-state index in [0.29, 0.717) is 5.92 Å². The van der Waals surface area contributed by atoms with Crippen LogP contribution >= 0.6 is 0 Å². The van der Waals surface area contributed by atoms with Gasteiger partial charge in [-0.25, -0.2) is 0 Å². The predicted octanol–water partition coefficient (Wildman–Crippen LogP) is 0.682. The summed E-state index contributed by atoms with van der Waals surface area (Å²) in [4.78, 5) is 0. The minimum Gasteiger partial charge on any atom is -0.262 e. The number of rotatable bonds is 1. The van der Waals surface area contributed by atoms with Crippen LogP contribution < -0.4 is 0 Å². The Morgan fingerprint density at radius 2 is 2.75 bits per heavy atom. The zero-order valence-electron chi connectivity index (χ0n) is 5.41. The van der Waals surface area contributed by atoms with Crippen LogP contribution in [0, 0.1) is 0 Å². The van der Waals surface area contributed by atoms with E-state index < -0.39 is 0 Å². The van der Waals surface area contributed by atoms with E-state index in [-0.39, 0.29) is 0 Å². The van der Waals surface area contributed by atoms with E-state index >= 15 is 0 Å². The van der Waals surface area contributed by atoms with Crippen molar-refractivity contribution in [1.82, 2.24) is 15.4 Å². The Morgan fingerprint density at radius 1 is 1.88 bits per heavy atom. The number of hydrogen-bond donors (Lipinski definition) is 1. The molecule has 0 saturated heterocycles. The molecule has 8 heavy (non-hydrogen) atoms. The maximum Gasteiger partial charge on any atom is 0.192 e. The summed E-state index contributed by atoms with van der Waals surface area (Å²) in [5.74, 6) is 0.581. The molecule has 1 saturated carbocycles. The molecule has 1 aliphatic carbocycles. The minimum atomic E-state index is 0.581. The Labute approximate surface area is 48.6 Å². The largest absolute Gasteiger partial charge is 0.262 e. The fraction of sp³-hybridized carbons (Fsp3) is 0.600. The summed E-state index contributed by atoms with van der Waals surface area (Å²) >= 11 is 0. The Kier molecular flexibility index (Phi) is 0.526. The Hall–Kier alpha value is -0.860. The first-order valence-electron chi connectivity index (χ1n) is 3.22. The number of aromatic nitrogens is 3. The van der Waals surface area contributed by atoms with Gasteiger partial charge in [0.05, 0.1) is 11.9 Å². The first-order valence-corrected chi connectivity index (χ1v) is 2.78. The highest BCUT2D eigenvalue weighted by molar-refractivity contribution is 5.07. The van der Waals surface area contributed by atoms with Crippen LogP contribution in [-0.2, 0) is 0 Å². The fourth-order valence-corrected chi connectivity index (χ4v) is 0.754. The molecule has 3 heteroatoms. The molecule has 1 aliphatic rings. The second-order valence-electron chi connectivity index (χ2n) is 2.13. The van der Waals surface area contributed by atoms with Crippen LogP contribution in [0.4, 0.5) is 0 Å². The van der Waals surface area contributed by atoms with E-state index in [9.17, 15) is 0 Å². The average Bonchev–Trinajstić information content (AvgIpc) is 2.58. The molecule has 1 N–H and O–H groups in total. The van der Waals surface area contributed by atoms with Crippen molar-refractivity contribution in [2.75, 3.05) is 0 Å². The Bertz CT molecular complexity index is 216. The molecule has 0 bridgehead atoms. The van der Waals surface area contributed by atoms with Crippen molar-refractivity contribution < 1.29 is 1.41 Å². The monoisotopic (exact) mass is 110 g/mol. The highest BCUT2D eigenvalue weighted by Gasteiger charge is 2.24. The van der Waals surface area contributed by atoms with E-state index in [4.69, 9.17) is 1.41 Å². The van der Waals surface area contributed by atoms with Crippen LogP contribution in [-0.4, -0.2) is 15.4 Å². The van der Waals surface area contributed by atoms with Crippen molar-refractivity contribution >= 4 is 0 Å². The van der Waals surface area contributed by atoms with Crippen LogP contribution in [0.1, 0.15) is 24.5 Å². The number of nitrogens with zero attached hydrogens (tertiary/aromatic N) is 2. The summed E-state index contributed by atoms with van der Waals surface area (Å²) in [5, 5.41) is 8.23. The lowest BCUT2D eigenvalue weighted by Gasteiger charge is -1.80. The summed E-state index contributed by atoms with van der Waals surface area (Å²) in [6, 6.07) is 0. The average molecular weight is 110 g/mol. The van der Waals surface area contributed by atoms with Crippen molar-refractivity contribution in [3.63, 3.8) is 0 Å². The van der Waals surface area contributed by atoms with E-state index in [0.717, 1.165) is 10.8 Å². The molecule has 0 spiro atoms. The van der Waals surface area contributed by atoms with Gasteiger partial charge in [0.25, 0.3) is 0 Å². The van der Waals surface area contributed by atoms with Gasteiger partial charge in [-0.1, -0.05) is 5.21 Å². The molecule has 1 fully saturated rings.